The number of ether oxygens (including phenoxy) is 1. The first-order valence-corrected chi connectivity index (χ1v) is 12.3. The summed E-state index contributed by atoms with van der Waals surface area (Å²) < 4.78 is 5.29. The van der Waals surface area contributed by atoms with Crippen molar-refractivity contribution >= 4 is 50.9 Å². The number of carbonyl (C=O) groups is 2. The molecule has 0 saturated carbocycles. The molecule has 1 atom stereocenters. The molecule has 1 amide bonds. The van der Waals surface area contributed by atoms with Crippen LogP contribution in [0.1, 0.15) is 53.1 Å². The number of hydrogen-bond acceptors (Lipinski definition) is 6. The van der Waals surface area contributed by atoms with Crippen LogP contribution >= 0.6 is 23.1 Å². The number of benzene rings is 1. The van der Waals surface area contributed by atoms with Gasteiger partial charge in [0.1, 0.15) is 5.00 Å². The number of para-hydroxylation sites is 1. The third-order valence-electron chi connectivity index (χ3n) is 5.45. The van der Waals surface area contributed by atoms with E-state index >= 15 is 0 Å². The van der Waals surface area contributed by atoms with Gasteiger partial charge in [-0.15, -0.1) is 11.3 Å². The third kappa shape index (κ3) is 4.62. The number of carbonyl (C=O) groups excluding carboxylic acids is 2. The van der Waals surface area contributed by atoms with Crippen molar-refractivity contribution < 1.29 is 14.3 Å². The van der Waals surface area contributed by atoms with Crippen molar-refractivity contribution in [2.75, 3.05) is 11.9 Å². The van der Waals surface area contributed by atoms with Crippen LogP contribution in [0.15, 0.2) is 35.4 Å². The number of nitrogens with one attached hydrogen (secondary N) is 1. The molecule has 7 heteroatoms. The Morgan fingerprint density at radius 3 is 2.84 bits per heavy atom. The monoisotopic (exact) mass is 454 g/mol. The van der Waals surface area contributed by atoms with Crippen molar-refractivity contribution in [2.45, 2.75) is 56.7 Å². The van der Waals surface area contributed by atoms with Gasteiger partial charge in [0.2, 0.25) is 5.91 Å². The molecular weight excluding hydrogens is 428 g/mol. The molecule has 1 N–H and O–H groups in total. The molecule has 162 valence electrons. The second-order valence-corrected chi connectivity index (χ2v) is 10.1. The summed E-state index contributed by atoms with van der Waals surface area (Å²) in [6.07, 6.45) is 3.98. The molecule has 2 heterocycles. The summed E-state index contributed by atoms with van der Waals surface area (Å²) in [5, 5.41) is 5.20. The van der Waals surface area contributed by atoms with Gasteiger partial charge in [0.25, 0.3) is 0 Å². The Morgan fingerprint density at radius 1 is 1.26 bits per heavy atom. The Bertz CT molecular complexity index is 1140. The van der Waals surface area contributed by atoms with Crippen LogP contribution < -0.4 is 5.32 Å². The van der Waals surface area contributed by atoms with Crippen LogP contribution in [0.3, 0.4) is 0 Å². The molecule has 0 saturated heterocycles. The number of thiophene rings is 1. The molecule has 5 nitrogen and oxygen atoms in total. The van der Waals surface area contributed by atoms with Gasteiger partial charge in [-0.05, 0) is 69.7 Å². The normalized spacial score (nSPS) is 14.2. The number of rotatable bonds is 6. The van der Waals surface area contributed by atoms with Crippen LogP contribution in [0, 0.1) is 6.92 Å². The fourth-order valence-electron chi connectivity index (χ4n) is 3.90. The van der Waals surface area contributed by atoms with Gasteiger partial charge in [-0.3, -0.25) is 4.79 Å². The number of anilines is 1. The third-order valence-corrected chi connectivity index (χ3v) is 7.68. The van der Waals surface area contributed by atoms with Gasteiger partial charge < -0.3 is 10.1 Å². The molecule has 1 aliphatic carbocycles. The zero-order chi connectivity index (χ0) is 22.0. The van der Waals surface area contributed by atoms with E-state index in [0.29, 0.717) is 17.2 Å². The van der Waals surface area contributed by atoms with Crippen LogP contribution in [0.5, 0.6) is 0 Å². The number of fused-ring (bicyclic) bond motifs is 2. The number of pyridine rings is 1. The second-order valence-electron chi connectivity index (χ2n) is 7.68. The summed E-state index contributed by atoms with van der Waals surface area (Å²) in [7, 11) is 0. The quantitative estimate of drug-likeness (QED) is 0.378. The van der Waals surface area contributed by atoms with E-state index < -0.39 is 0 Å². The van der Waals surface area contributed by atoms with E-state index in [2.05, 4.69) is 18.3 Å². The molecule has 3 aromatic rings. The smallest absolute Gasteiger partial charge is 0.341 e. The fourth-order valence-corrected chi connectivity index (χ4v) is 6.10. The van der Waals surface area contributed by atoms with Gasteiger partial charge in [-0.2, -0.15) is 0 Å². The molecule has 0 spiro atoms. The van der Waals surface area contributed by atoms with Crippen molar-refractivity contribution in [2.24, 2.45) is 0 Å². The molecular formula is C24H26N2O3S2. The van der Waals surface area contributed by atoms with Gasteiger partial charge >= 0.3 is 5.97 Å². The minimum atomic E-state index is -0.359. The van der Waals surface area contributed by atoms with E-state index in [9.17, 15) is 9.59 Å². The van der Waals surface area contributed by atoms with Crippen molar-refractivity contribution in [1.29, 1.82) is 0 Å². The molecule has 0 bridgehead atoms. The number of amides is 1. The van der Waals surface area contributed by atoms with Crippen LogP contribution in [0.25, 0.3) is 10.9 Å². The van der Waals surface area contributed by atoms with Gasteiger partial charge in [-0.25, -0.2) is 9.78 Å². The summed E-state index contributed by atoms with van der Waals surface area (Å²) >= 11 is 2.94. The summed E-state index contributed by atoms with van der Waals surface area (Å²) in [6, 6.07) is 10.0. The predicted octanol–water partition coefficient (Wildman–Crippen LogP) is 5.78. The first-order chi connectivity index (χ1) is 15.0. The molecule has 0 aliphatic heterocycles. The van der Waals surface area contributed by atoms with Crippen molar-refractivity contribution in [3.05, 3.63) is 51.9 Å². The molecule has 4 rings (SSSR count). The Kier molecular flexibility index (Phi) is 6.62. The minimum absolute atomic E-state index is 0.137. The van der Waals surface area contributed by atoms with E-state index in [0.717, 1.165) is 52.7 Å². The predicted molar refractivity (Wildman–Crippen MR) is 127 cm³/mol. The highest BCUT2D eigenvalue weighted by Crippen LogP contribution is 2.39. The van der Waals surface area contributed by atoms with Crippen molar-refractivity contribution in [1.82, 2.24) is 4.98 Å². The maximum absolute atomic E-state index is 13.0. The molecule has 31 heavy (non-hydrogen) atoms. The van der Waals surface area contributed by atoms with Gasteiger partial charge in [0.15, 0.2) is 0 Å². The molecule has 1 unspecified atom stereocenters. The molecule has 0 radical (unpaired) electrons. The summed E-state index contributed by atoms with van der Waals surface area (Å²) in [6.45, 7) is 6.03. The van der Waals surface area contributed by atoms with Crippen LogP contribution in [-0.2, 0) is 22.4 Å². The fraction of sp³-hybridized carbons (Fsp3) is 0.375. The molecule has 1 aliphatic rings. The minimum Gasteiger partial charge on any atom is -0.462 e. The zero-order valence-electron chi connectivity index (χ0n) is 18.0. The number of thioether (sulfide) groups is 1. The Balaban J connectivity index is 1.54. The number of aromatic nitrogens is 1. The van der Waals surface area contributed by atoms with Gasteiger partial charge in [0.05, 0.1) is 28.0 Å². The molecule has 1 aromatic carbocycles. The summed E-state index contributed by atoms with van der Waals surface area (Å²) in [5.74, 6) is -0.480. The highest BCUT2D eigenvalue weighted by Gasteiger charge is 2.28. The largest absolute Gasteiger partial charge is 0.462 e. The maximum atomic E-state index is 13.0. The standard InChI is InChI=1S/C24H26N2O3S2/c1-4-29-24(28)21-17-10-6-8-12-19(17)31-23(21)26-22(27)15(3)30-20-13-14(2)16-9-5-7-11-18(16)25-20/h5,7,9,11,13,15H,4,6,8,10,12H2,1-3H3,(H,26,27). The lowest BCUT2D eigenvalue weighted by molar-refractivity contribution is -0.115. The zero-order valence-corrected chi connectivity index (χ0v) is 19.6. The average Bonchev–Trinajstić information content (AvgIpc) is 3.11. The van der Waals surface area contributed by atoms with E-state index in [4.69, 9.17) is 9.72 Å². The maximum Gasteiger partial charge on any atom is 0.341 e. The number of aryl methyl sites for hydroxylation is 2. The lowest BCUT2D eigenvalue weighted by Gasteiger charge is -2.14. The number of nitrogens with zero attached hydrogens (tertiary/aromatic N) is 1. The first kappa shape index (κ1) is 21.8. The topological polar surface area (TPSA) is 68.3 Å². The van der Waals surface area contributed by atoms with Crippen LogP contribution in [-0.4, -0.2) is 28.7 Å². The Morgan fingerprint density at radius 2 is 2.03 bits per heavy atom. The van der Waals surface area contributed by atoms with E-state index in [-0.39, 0.29) is 17.1 Å². The lowest BCUT2D eigenvalue weighted by Crippen LogP contribution is -2.23. The SMILES string of the molecule is CCOC(=O)c1c(NC(=O)C(C)Sc2cc(C)c3ccccc3n2)sc2c1CCCC2. The van der Waals surface area contributed by atoms with E-state index in [1.165, 1.54) is 28.0 Å². The Labute approximate surface area is 190 Å². The van der Waals surface area contributed by atoms with Crippen LogP contribution in [0.2, 0.25) is 0 Å². The van der Waals surface area contributed by atoms with Gasteiger partial charge in [0, 0.05) is 10.3 Å². The Hall–Kier alpha value is -2.38. The van der Waals surface area contributed by atoms with Gasteiger partial charge in [-0.1, -0.05) is 30.0 Å². The lowest BCUT2D eigenvalue weighted by atomic mass is 9.95. The molecule has 0 fully saturated rings. The van der Waals surface area contributed by atoms with E-state index in [1.807, 2.05) is 31.2 Å². The number of esters is 1. The molecule has 2 aromatic heterocycles. The highest BCUT2D eigenvalue weighted by molar-refractivity contribution is 8.00. The highest BCUT2D eigenvalue weighted by atomic mass is 32.2. The average molecular weight is 455 g/mol. The first-order valence-electron chi connectivity index (χ1n) is 10.6. The van der Waals surface area contributed by atoms with E-state index in [1.54, 1.807) is 6.92 Å². The van der Waals surface area contributed by atoms with Crippen molar-refractivity contribution in [3.63, 3.8) is 0 Å². The van der Waals surface area contributed by atoms with Crippen LogP contribution in [0.4, 0.5) is 5.00 Å². The second kappa shape index (κ2) is 9.40. The summed E-state index contributed by atoms with van der Waals surface area (Å²) in [4.78, 5) is 31.5. The number of hydrogen-bond donors (Lipinski definition) is 1. The van der Waals surface area contributed by atoms with Crippen molar-refractivity contribution in [3.8, 4) is 0 Å². The summed E-state index contributed by atoms with van der Waals surface area (Å²) in [5.41, 5.74) is 3.66.